The highest BCUT2D eigenvalue weighted by atomic mass is 16.2. The van der Waals surface area contributed by atoms with Crippen LogP contribution in [0.4, 0.5) is 4.79 Å². The van der Waals surface area contributed by atoms with Gasteiger partial charge >= 0.3 is 6.03 Å². The van der Waals surface area contributed by atoms with E-state index < -0.39 is 6.03 Å². The number of rotatable bonds is 5. The van der Waals surface area contributed by atoms with Crippen LogP contribution in [0.25, 0.3) is 0 Å². The molecule has 0 spiro atoms. The minimum absolute atomic E-state index is 0.299. The molecule has 1 fully saturated rings. The van der Waals surface area contributed by atoms with Crippen LogP contribution in [0.15, 0.2) is 0 Å². The van der Waals surface area contributed by atoms with Crippen molar-refractivity contribution in [1.29, 1.82) is 0 Å². The number of nitrogens with zero attached hydrogens (tertiary/aromatic N) is 2. The van der Waals surface area contributed by atoms with E-state index in [0.717, 1.165) is 32.7 Å². The normalized spacial score (nSPS) is 17.9. The fraction of sp³-hybridized carbons (Fsp3) is 0.833. The maximum Gasteiger partial charge on any atom is 0.318 e. The Bertz CT molecular complexity index is 286. The van der Waals surface area contributed by atoms with E-state index in [1.165, 1.54) is 0 Å². The van der Waals surface area contributed by atoms with E-state index in [-0.39, 0.29) is 5.91 Å². The molecular weight excluding hydrogens is 232 g/mol. The maximum atomic E-state index is 11.3. The minimum atomic E-state index is -0.776. The topological polar surface area (TPSA) is 78.7 Å². The molecule has 6 heteroatoms. The summed E-state index contributed by atoms with van der Waals surface area (Å²) in [6.45, 7) is 10.3. The highest BCUT2D eigenvalue weighted by molar-refractivity contribution is 5.93. The number of hydrogen-bond donors (Lipinski definition) is 2. The van der Waals surface area contributed by atoms with Gasteiger partial charge in [0.1, 0.15) is 0 Å². The minimum Gasteiger partial charge on any atom is -0.351 e. The van der Waals surface area contributed by atoms with Gasteiger partial charge in [-0.1, -0.05) is 13.8 Å². The standard InChI is InChI=1S/C12H24N4O2/c1-10(2)9-16-7-5-15(6-8-16)4-3-11(17)14-12(13)18/h10H,3-9H2,1-2H3,(H3,13,14,17,18). The summed E-state index contributed by atoms with van der Waals surface area (Å²) in [4.78, 5) is 26.4. The zero-order chi connectivity index (χ0) is 13.5. The van der Waals surface area contributed by atoms with Crippen LogP contribution in [-0.2, 0) is 4.79 Å². The first kappa shape index (κ1) is 14.9. The van der Waals surface area contributed by atoms with E-state index in [1.54, 1.807) is 0 Å². The van der Waals surface area contributed by atoms with Crippen molar-refractivity contribution in [3.8, 4) is 0 Å². The van der Waals surface area contributed by atoms with E-state index in [2.05, 4.69) is 29.0 Å². The van der Waals surface area contributed by atoms with Crippen molar-refractivity contribution in [2.75, 3.05) is 39.3 Å². The number of carbonyl (C=O) groups excluding carboxylic acids is 2. The van der Waals surface area contributed by atoms with Gasteiger partial charge in [0.05, 0.1) is 0 Å². The van der Waals surface area contributed by atoms with Crippen LogP contribution in [0.5, 0.6) is 0 Å². The van der Waals surface area contributed by atoms with Crippen molar-refractivity contribution in [2.24, 2.45) is 11.7 Å². The molecule has 0 saturated carbocycles. The lowest BCUT2D eigenvalue weighted by atomic mass is 10.2. The Morgan fingerprint density at radius 3 is 2.22 bits per heavy atom. The highest BCUT2D eigenvalue weighted by Gasteiger charge is 2.17. The van der Waals surface area contributed by atoms with Crippen LogP contribution >= 0.6 is 0 Å². The Balaban J connectivity index is 2.15. The molecule has 3 N–H and O–H groups in total. The summed E-state index contributed by atoms with van der Waals surface area (Å²) in [5.41, 5.74) is 4.88. The number of nitrogens with two attached hydrogens (primary N) is 1. The molecule has 18 heavy (non-hydrogen) atoms. The Labute approximate surface area is 108 Å². The molecule has 0 unspecified atom stereocenters. The monoisotopic (exact) mass is 256 g/mol. The fourth-order valence-corrected chi connectivity index (χ4v) is 2.17. The predicted molar refractivity (Wildman–Crippen MR) is 70.1 cm³/mol. The number of nitrogens with one attached hydrogen (secondary N) is 1. The van der Waals surface area contributed by atoms with Gasteiger partial charge in [-0.15, -0.1) is 0 Å². The van der Waals surface area contributed by atoms with Crippen LogP contribution in [0.3, 0.4) is 0 Å². The molecule has 0 radical (unpaired) electrons. The van der Waals surface area contributed by atoms with Gasteiger partial charge in [0.25, 0.3) is 0 Å². The van der Waals surface area contributed by atoms with Gasteiger partial charge in [0.15, 0.2) is 0 Å². The Kier molecular flexibility index (Phi) is 6.07. The molecule has 1 aliphatic rings. The number of primary amides is 1. The van der Waals surface area contributed by atoms with E-state index in [0.29, 0.717) is 18.9 Å². The third kappa shape index (κ3) is 5.97. The van der Waals surface area contributed by atoms with Crippen molar-refractivity contribution in [3.63, 3.8) is 0 Å². The second kappa shape index (κ2) is 7.33. The van der Waals surface area contributed by atoms with Crippen LogP contribution < -0.4 is 11.1 Å². The Hall–Kier alpha value is -1.14. The van der Waals surface area contributed by atoms with E-state index in [4.69, 9.17) is 5.73 Å². The number of amides is 3. The van der Waals surface area contributed by atoms with Crippen LogP contribution in [-0.4, -0.2) is 61.0 Å². The first-order valence-corrected chi connectivity index (χ1v) is 6.51. The van der Waals surface area contributed by atoms with Crippen LogP contribution in [0.1, 0.15) is 20.3 Å². The Morgan fingerprint density at radius 1 is 1.17 bits per heavy atom. The molecule has 1 rings (SSSR count). The number of carbonyl (C=O) groups is 2. The average Bonchev–Trinajstić information content (AvgIpc) is 2.26. The molecule has 0 aromatic rings. The van der Waals surface area contributed by atoms with E-state index >= 15 is 0 Å². The third-order valence-corrected chi connectivity index (χ3v) is 3.01. The van der Waals surface area contributed by atoms with E-state index in [9.17, 15) is 9.59 Å². The molecule has 104 valence electrons. The van der Waals surface area contributed by atoms with Crippen LogP contribution in [0.2, 0.25) is 0 Å². The molecule has 0 aliphatic carbocycles. The summed E-state index contributed by atoms with van der Waals surface area (Å²) in [5, 5.41) is 2.08. The van der Waals surface area contributed by atoms with Crippen molar-refractivity contribution >= 4 is 11.9 Å². The van der Waals surface area contributed by atoms with Crippen molar-refractivity contribution in [2.45, 2.75) is 20.3 Å². The molecule has 3 amide bonds. The van der Waals surface area contributed by atoms with Gasteiger partial charge in [0.2, 0.25) is 5.91 Å². The fourth-order valence-electron chi connectivity index (χ4n) is 2.17. The molecule has 0 aromatic carbocycles. The van der Waals surface area contributed by atoms with Crippen molar-refractivity contribution < 1.29 is 9.59 Å². The lowest BCUT2D eigenvalue weighted by molar-refractivity contribution is -0.120. The summed E-state index contributed by atoms with van der Waals surface area (Å²) >= 11 is 0. The van der Waals surface area contributed by atoms with Gasteiger partial charge < -0.3 is 15.5 Å². The summed E-state index contributed by atoms with van der Waals surface area (Å²) in [5.74, 6) is 0.394. The smallest absolute Gasteiger partial charge is 0.318 e. The van der Waals surface area contributed by atoms with Gasteiger partial charge in [0, 0.05) is 45.7 Å². The third-order valence-electron chi connectivity index (χ3n) is 3.01. The average molecular weight is 256 g/mol. The van der Waals surface area contributed by atoms with Crippen molar-refractivity contribution in [3.05, 3.63) is 0 Å². The molecule has 0 bridgehead atoms. The van der Waals surface area contributed by atoms with Crippen molar-refractivity contribution in [1.82, 2.24) is 15.1 Å². The maximum absolute atomic E-state index is 11.3. The molecule has 1 saturated heterocycles. The molecule has 1 aliphatic heterocycles. The second-order valence-electron chi connectivity index (χ2n) is 5.20. The molecule has 0 aromatic heterocycles. The SMILES string of the molecule is CC(C)CN1CCN(CCC(=O)NC(N)=O)CC1. The molecule has 0 atom stereocenters. The van der Waals surface area contributed by atoms with Gasteiger partial charge in [-0.2, -0.15) is 0 Å². The van der Waals surface area contributed by atoms with Gasteiger partial charge in [-0.05, 0) is 5.92 Å². The Morgan fingerprint density at radius 2 is 1.72 bits per heavy atom. The summed E-state index contributed by atoms with van der Waals surface area (Å²) < 4.78 is 0. The lowest BCUT2D eigenvalue weighted by Crippen LogP contribution is -2.48. The van der Waals surface area contributed by atoms with Gasteiger partial charge in [-0.25, -0.2) is 4.79 Å². The van der Waals surface area contributed by atoms with Crippen LogP contribution in [0, 0.1) is 5.92 Å². The first-order chi connectivity index (χ1) is 8.47. The summed E-state index contributed by atoms with van der Waals surface area (Å²) in [7, 11) is 0. The molecular formula is C12H24N4O2. The second-order valence-corrected chi connectivity index (χ2v) is 5.20. The van der Waals surface area contributed by atoms with E-state index in [1.807, 2.05) is 0 Å². The number of hydrogen-bond acceptors (Lipinski definition) is 4. The highest BCUT2D eigenvalue weighted by Crippen LogP contribution is 2.05. The number of piperazine rings is 1. The predicted octanol–water partition coefficient (Wildman–Crippen LogP) is -0.155. The number of imide groups is 1. The molecule has 6 nitrogen and oxygen atoms in total. The molecule has 1 heterocycles. The largest absolute Gasteiger partial charge is 0.351 e. The lowest BCUT2D eigenvalue weighted by Gasteiger charge is -2.35. The quantitative estimate of drug-likeness (QED) is 0.717. The number of urea groups is 1. The van der Waals surface area contributed by atoms with Gasteiger partial charge in [-0.3, -0.25) is 10.1 Å². The summed E-state index contributed by atoms with van der Waals surface area (Å²) in [6.07, 6.45) is 0.327. The zero-order valence-electron chi connectivity index (χ0n) is 11.3. The summed E-state index contributed by atoms with van der Waals surface area (Å²) in [6, 6.07) is -0.776. The zero-order valence-corrected chi connectivity index (χ0v) is 11.3. The first-order valence-electron chi connectivity index (χ1n) is 6.51.